The predicted octanol–water partition coefficient (Wildman–Crippen LogP) is 4.33. The third-order valence-corrected chi connectivity index (χ3v) is 5.27. The van der Waals surface area contributed by atoms with Crippen LogP contribution < -0.4 is 14.4 Å². The summed E-state index contributed by atoms with van der Waals surface area (Å²) >= 11 is 0. The second kappa shape index (κ2) is 8.36. The van der Waals surface area contributed by atoms with Gasteiger partial charge < -0.3 is 14.6 Å². The van der Waals surface area contributed by atoms with Crippen LogP contribution in [0.4, 0.5) is 5.69 Å². The Morgan fingerprint density at radius 3 is 2.06 bits per heavy atom. The van der Waals surface area contributed by atoms with E-state index >= 15 is 0 Å². The van der Waals surface area contributed by atoms with Crippen LogP contribution in [-0.4, -0.2) is 31.0 Å². The zero-order valence-electron chi connectivity index (χ0n) is 17.1. The molecule has 31 heavy (non-hydrogen) atoms. The second-order valence-electron chi connectivity index (χ2n) is 6.95. The summed E-state index contributed by atoms with van der Waals surface area (Å²) in [7, 11) is 3.00. The topological polar surface area (TPSA) is 76.1 Å². The summed E-state index contributed by atoms with van der Waals surface area (Å²) in [6, 6.07) is 22.0. The van der Waals surface area contributed by atoms with Gasteiger partial charge in [0.1, 0.15) is 17.3 Å². The zero-order valence-corrected chi connectivity index (χ0v) is 17.1. The number of amides is 1. The first-order valence-electron chi connectivity index (χ1n) is 9.70. The van der Waals surface area contributed by atoms with E-state index in [2.05, 4.69) is 0 Å². The van der Waals surface area contributed by atoms with Crippen LogP contribution in [0.15, 0.2) is 84.4 Å². The highest BCUT2D eigenvalue weighted by Gasteiger charge is 2.48. The molecule has 0 spiro atoms. The molecule has 1 amide bonds. The third kappa shape index (κ3) is 3.42. The van der Waals surface area contributed by atoms with E-state index in [0.717, 1.165) is 0 Å². The summed E-state index contributed by atoms with van der Waals surface area (Å²) in [6.07, 6.45) is 0. The quantitative estimate of drug-likeness (QED) is 0.381. The molecule has 3 aromatic carbocycles. The minimum atomic E-state index is -0.872. The van der Waals surface area contributed by atoms with Crippen LogP contribution in [0, 0.1) is 0 Å². The van der Waals surface area contributed by atoms with E-state index in [0.29, 0.717) is 28.3 Å². The maximum atomic E-state index is 13.2. The summed E-state index contributed by atoms with van der Waals surface area (Å²) in [4.78, 5) is 27.7. The number of methoxy groups -OCH3 is 2. The van der Waals surface area contributed by atoms with Gasteiger partial charge in [-0.3, -0.25) is 14.5 Å². The van der Waals surface area contributed by atoms with Crippen molar-refractivity contribution in [2.45, 2.75) is 6.04 Å². The van der Waals surface area contributed by atoms with E-state index in [1.807, 2.05) is 6.07 Å². The van der Waals surface area contributed by atoms with Gasteiger partial charge in [-0.25, -0.2) is 0 Å². The van der Waals surface area contributed by atoms with Crippen LogP contribution in [0.2, 0.25) is 0 Å². The van der Waals surface area contributed by atoms with Gasteiger partial charge in [0.25, 0.3) is 11.7 Å². The van der Waals surface area contributed by atoms with Crippen molar-refractivity contribution in [1.29, 1.82) is 0 Å². The molecule has 0 aromatic heterocycles. The molecule has 1 fully saturated rings. The van der Waals surface area contributed by atoms with Gasteiger partial charge in [-0.15, -0.1) is 0 Å². The van der Waals surface area contributed by atoms with Crippen molar-refractivity contribution in [2.24, 2.45) is 0 Å². The van der Waals surface area contributed by atoms with Crippen molar-refractivity contribution in [3.05, 3.63) is 95.6 Å². The highest BCUT2D eigenvalue weighted by Crippen LogP contribution is 2.45. The van der Waals surface area contributed by atoms with Gasteiger partial charge >= 0.3 is 0 Å². The van der Waals surface area contributed by atoms with Crippen LogP contribution in [-0.2, 0) is 9.59 Å². The number of carbonyl (C=O) groups is 2. The second-order valence-corrected chi connectivity index (χ2v) is 6.95. The Bertz CT molecular complexity index is 1170. The highest BCUT2D eigenvalue weighted by atomic mass is 16.5. The van der Waals surface area contributed by atoms with E-state index < -0.39 is 17.7 Å². The molecule has 1 aliphatic rings. The highest BCUT2D eigenvalue weighted by molar-refractivity contribution is 6.51. The van der Waals surface area contributed by atoms with Crippen LogP contribution in [0.1, 0.15) is 17.2 Å². The minimum absolute atomic E-state index is 0.0251. The smallest absolute Gasteiger partial charge is 0.300 e. The Labute approximate surface area is 180 Å². The van der Waals surface area contributed by atoms with Gasteiger partial charge in [0.05, 0.1) is 31.4 Å². The summed E-state index contributed by atoms with van der Waals surface area (Å²) in [5.41, 5.74) is 1.43. The largest absolute Gasteiger partial charge is 0.507 e. The van der Waals surface area contributed by atoms with Crippen LogP contribution >= 0.6 is 0 Å². The van der Waals surface area contributed by atoms with Gasteiger partial charge in [0, 0.05) is 11.3 Å². The van der Waals surface area contributed by atoms with Crippen molar-refractivity contribution in [3.8, 4) is 11.5 Å². The molecule has 1 N–H and O–H groups in total. The van der Waals surface area contributed by atoms with Crippen molar-refractivity contribution < 1.29 is 24.2 Å². The molecule has 156 valence electrons. The number of aliphatic hydroxyl groups excluding tert-OH is 1. The molecular weight excluding hydrogens is 394 g/mol. The Hall–Kier alpha value is -4.06. The van der Waals surface area contributed by atoms with Gasteiger partial charge in [-0.1, -0.05) is 48.5 Å². The monoisotopic (exact) mass is 415 g/mol. The third-order valence-electron chi connectivity index (χ3n) is 5.27. The number of anilines is 1. The Morgan fingerprint density at radius 2 is 1.39 bits per heavy atom. The minimum Gasteiger partial charge on any atom is -0.507 e. The number of para-hydroxylation sites is 3. The molecule has 6 heteroatoms. The summed E-state index contributed by atoms with van der Waals surface area (Å²) in [6.45, 7) is 0. The number of hydrogen-bond acceptors (Lipinski definition) is 5. The number of rotatable bonds is 5. The average molecular weight is 415 g/mol. The Morgan fingerprint density at radius 1 is 0.806 bits per heavy atom. The molecule has 0 bridgehead atoms. The number of Topliss-reactive ketones (excluding diaryl/α,β-unsaturated/α-hetero) is 1. The number of nitrogens with zero attached hydrogens (tertiary/aromatic N) is 1. The molecule has 1 aliphatic heterocycles. The number of hydrogen-bond donors (Lipinski definition) is 1. The van der Waals surface area contributed by atoms with E-state index in [1.54, 1.807) is 72.8 Å². The molecule has 1 heterocycles. The molecule has 0 saturated carbocycles. The van der Waals surface area contributed by atoms with E-state index in [9.17, 15) is 14.7 Å². The maximum absolute atomic E-state index is 13.2. The van der Waals surface area contributed by atoms with Crippen molar-refractivity contribution >= 4 is 23.1 Å². The van der Waals surface area contributed by atoms with Gasteiger partial charge in [-0.2, -0.15) is 0 Å². The Balaban J connectivity index is 2.01. The van der Waals surface area contributed by atoms with Crippen LogP contribution in [0.5, 0.6) is 11.5 Å². The molecule has 0 radical (unpaired) electrons. The molecule has 4 rings (SSSR count). The van der Waals surface area contributed by atoms with Crippen molar-refractivity contribution in [3.63, 3.8) is 0 Å². The molecule has 3 aromatic rings. The molecule has 6 nitrogen and oxygen atoms in total. The van der Waals surface area contributed by atoms with E-state index in [4.69, 9.17) is 9.47 Å². The number of ketones is 1. The molecule has 1 saturated heterocycles. The van der Waals surface area contributed by atoms with Crippen molar-refractivity contribution in [2.75, 3.05) is 19.1 Å². The fraction of sp³-hybridized carbons (Fsp3) is 0.120. The summed E-state index contributed by atoms with van der Waals surface area (Å²) < 4.78 is 10.9. The predicted molar refractivity (Wildman–Crippen MR) is 117 cm³/mol. The van der Waals surface area contributed by atoms with Crippen LogP contribution in [0.3, 0.4) is 0 Å². The average Bonchev–Trinajstić information content (AvgIpc) is 3.09. The maximum Gasteiger partial charge on any atom is 0.300 e. The molecule has 1 atom stereocenters. The first-order valence-corrected chi connectivity index (χ1v) is 9.70. The number of aliphatic hydroxyl groups is 1. The van der Waals surface area contributed by atoms with E-state index in [1.165, 1.54) is 19.1 Å². The lowest BCUT2D eigenvalue weighted by atomic mass is 9.94. The number of benzene rings is 3. The molecule has 0 aliphatic carbocycles. The lowest BCUT2D eigenvalue weighted by molar-refractivity contribution is -0.132. The SMILES string of the molecule is COc1ccccc1/C(O)=C1\C(=O)C(=O)N(c2ccccc2)C1c1ccccc1OC. The normalized spacial score (nSPS) is 17.6. The number of carbonyl (C=O) groups excluding carboxylic acids is 2. The first kappa shape index (κ1) is 20.2. The fourth-order valence-electron chi connectivity index (χ4n) is 3.86. The van der Waals surface area contributed by atoms with E-state index in [-0.39, 0.29) is 11.3 Å². The molecular formula is C25H21NO5. The van der Waals surface area contributed by atoms with Gasteiger partial charge in [0.2, 0.25) is 0 Å². The zero-order chi connectivity index (χ0) is 22.0. The van der Waals surface area contributed by atoms with Gasteiger partial charge in [-0.05, 0) is 30.3 Å². The molecule has 1 unspecified atom stereocenters. The number of ether oxygens (including phenoxy) is 2. The first-order chi connectivity index (χ1) is 15.1. The summed E-state index contributed by atoms with van der Waals surface area (Å²) in [5, 5.41) is 11.2. The lowest BCUT2D eigenvalue weighted by Gasteiger charge is -2.26. The van der Waals surface area contributed by atoms with Crippen molar-refractivity contribution in [1.82, 2.24) is 0 Å². The van der Waals surface area contributed by atoms with Gasteiger partial charge in [0.15, 0.2) is 0 Å². The standard InChI is InChI=1S/C25H21NO5/c1-30-19-14-8-6-12-17(19)22-21(23(27)18-13-7-9-15-20(18)31-2)24(28)25(29)26(22)16-10-4-3-5-11-16/h3-15,22,27H,1-2H3/b23-21+. The summed E-state index contributed by atoms with van der Waals surface area (Å²) in [5.74, 6) is -0.905. The fourth-order valence-corrected chi connectivity index (χ4v) is 3.86. The van der Waals surface area contributed by atoms with Crippen LogP contribution in [0.25, 0.3) is 5.76 Å². The Kier molecular flexibility index (Phi) is 5.45. The lowest BCUT2D eigenvalue weighted by Crippen LogP contribution is -2.29.